The van der Waals surface area contributed by atoms with Crippen LogP contribution in [0.5, 0.6) is 0 Å². The predicted octanol–water partition coefficient (Wildman–Crippen LogP) is 0.814. The minimum absolute atomic E-state index is 0.0892. The predicted molar refractivity (Wildman–Crippen MR) is 69.5 cm³/mol. The molecule has 0 radical (unpaired) electrons. The Balaban J connectivity index is 2.39. The molecule has 0 aliphatic rings. The second kappa shape index (κ2) is 4.82. The normalized spacial score (nSPS) is 11.1. The lowest BCUT2D eigenvalue weighted by atomic mass is 10.2. The van der Waals surface area contributed by atoms with Crippen molar-refractivity contribution < 1.29 is 12.8 Å². The number of anilines is 2. The molecule has 0 spiro atoms. The number of nitrogens with one attached hydrogen (secondary N) is 1. The Hall–Kier alpha value is -2.60. The molecular formula is C11H10FN5O2S. The molecule has 0 aliphatic carbocycles. The van der Waals surface area contributed by atoms with E-state index in [1.54, 1.807) is 6.07 Å². The van der Waals surface area contributed by atoms with Gasteiger partial charge in [0.05, 0.1) is 17.3 Å². The third kappa shape index (κ3) is 2.55. The summed E-state index contributed by atoms with van der Waals surface area (Å²) in [5.41, 5.74) is 5.30. The molecule has 1 heterocycles. The second-order valence-electron chi connectivity index (χ2n) is 3.96. The molecule has 1 aromatic heterocycles. The van der Waals surface area contributed by atoms with Gasteiger partial charge in [0.25, 0.3) is 10.0 Å². The molecule has 0 saturated carbocycles. The molecule has 0 amide bonds. The van der Waals surface area contributed by atoms with E-state index in [9.17, 15) is 12.8 Å². The maximum Gasteiger partial charge on any atom is 0.267 e. The Morgan fingerprint density at radius 2 is 2.20 bits per heavy atom. The molecule has 20 heavy (non-hydrogen) atoms. The van der Waals surface area contributed by atoms with E-state index in [2.05, 4.69) is 9.82 Å². The Bertz CT molecular complexity index is 807. The number of hydrogen-bond acceptors (Lipinski definition) is 5. The molecule has 0 bridgehead atoms. The van der Waals surface area contributed by atoms with Crippen LogP contribution in [-0.2, 0) is 17.1 Å². The summed E-state index contributed by atoms with van der Waals surface area (Å²) in [5.74, 6) is -1.04. The van der Waals surface area contributed by atoms with Crippen LogP contribution in [-0.4, -0.2) is 18.2 Å². The van der Waals surface area contributed by atoms with Gasteiger partial charge in [-0.3, -0.25) is 9.40 Å². The van der Waals surface area contributed by atoms with Crippen molar-refractivity contribution in [3.8, 4) is 6.07 Å². The number of hydrogen-bond donors (Lipinski definition) is 2. The van der Waals surface area contributed by atoms with Crippen LogP contribution in [0.25, 0.3) is 0 Å². The Labute approximate surface area is 114 Å². The van der Waals surface area contributed by atoms with Crippen LogP contribution in [0.1, 0.15) is 5.56 Å². The zero-order chi connectivity index (χ0) is 14.9. The van der Waals surface area contributed by atoms with Gasteiger partial charge in [-0.25, -0.2) is 12.8 Å². The van der Waals surface area contributed by atoms with Gasteiger partial charge in [0.15, 0.2) is 5.82 Å². The first-order valence-electron chi connectivity index (χ1n) is 5.35. The van der Waals surface area contributed by atoms with E-state index in [1.165, 1.54) is 24.0 Å². The number of aryl methyl sites for hydroxylation is 1. The van der Waals surface area contributed by atoms with Crippen molar-refractivity contribution in [2.75, 3.05) is 10.5 Å². The second-order valence-corrected chi connectivity index (χ2v) is 5.62. The van der Waals surface area contributed by atoms with Crippen molar-refractivity contribution >= 4 is 21.5 Å². The van der Waals surface area contributed by atoms with Gasteiger partial charge in [0.2, 0.25) is 0 Å². The fourth-order valence-electron chi connectivity index (χ4n) is 1.56. The molecule has 1 aromatic carbocycles. The third-order valence-electron chi connectivity index (χ3n) is 2.45. The number of rotatable bonds is 3. The number of nitrogens with zero attached hydrogens (tertiary/aromatic N) is 3. The highest BCUT2D eigenvalue weighted by atomic mass is 32.2. The van der Waals surface area contributed by atoms with Gasteiger partial charge >= 0.3 is 0 Å². The number of nitrogens with two attached hydrogens (primary N) is 1. The van der Waals surface area contributed by atoms with E-state index in [1.807, 2.05) is 0 Å². The number of aromatic nitrogens is 2. The van der Waals surface area contributed by atoms with Gasteiger partial charge < -0.3 is 5.73 Å². The smallest absolute Gasteiger partial charge is 0.267 e. The van der Waals surface area contributed by atoms with Gasteiger partial charge in [-0.05, 0) is 18.2 Å². The highest BCUT2D eigenvalue weighted by Crippen LogP contribution is 2.22. The molecule has 104 valence electrons. The minimum atomic E-state index is -4.05. The van der Waals surface area contributed by atoms with E-state index in [0.29, 0.717) is 0 Å². The van der Waals surface area contributed by atoms with Crippen molar-refractivity contribution in [1.82, 2.24) is 9.78 Å². The van der Waals surface area contributed by atoms with Crippen LogP contribution in [0, 0.1) is 17.1 Å². The van der Waals surface area contributed by atoms with Crippen molar-refractivity contribution in [3.05, 3.63) is 35.8 Å². The largest absolute Gasteiger partial charge is 0.381 e. The standard InChI is InChI=1S/C11H10FN5O2S/c1-17-6-10(11(14)15-17)20(18,19)16-9-3-2-7(5-13)4-8(9)12/h2-4,6,16H,1H3,(H2,14,15). The molecule has 9 heteroatoms. The van der Waals surface area contributed by atoms with E-state index in [0.717, 1.165) is 12.1 Å². The zero-order valence-corrected chi connectivity index (χ0v) is 11.1. The quantitative estimate of drug-likeness (QED) is 0.870. The molecule has 0 atom stereocenters. The van der Waals surface area contributed by atoms with Gasteiger partial charge in [0, 0.05) is 13.2 Å². The maximum absolute atomic E-state index is 13.7. The number of nitrogen functional groups attached to an aromatic ring is 1. The van der Waals surface area contributed by atoms with E-state index in [4.69, 9.17) is 11.0 Å². The summed E-state index contributed by atoms with van der Waals surface area (Å²) in [4.78, 5) is -0.247. The highest BCUT2D eigenvalue weighted by Gasteiger charge is 2.22. The summed E-state index contributed by atoms with van der Waals surface area (Å²) in [6, 6.07) is 5.15. The summed E-state index contributed by atoms with van der Waals surface area (Å²) in [5, 5.41) is 12.3. The molecule has 3 N–H and O–H groups in total. The third-order valence-corrected chi connectivity index (χ3v) is 3.84. The average Bonchev–Trinajstić information content (AvgIpc) is 2.71. The Morgan fingerprint density at radius 1 is 1.50 bits per heavy atom. The van der Waals surface area contributed by atoms with Crippen LogP contribution in [0.3, 0.4) is 0 Å². The van der Waals surface area contributed by atoms with Crippen LogP contribution < -0.4 is 10.5 Å². The summed E-state index contributed by atoms with van der Waals surface area (Å²) in [7, 11) is -2.53. The Kier molecular flexibility index (Phi) is 3.33. The van der Waals surface area contributed by atoms with Gasteiger partial charge in [-0.2, -0.15) is 10.4 Å². The first-order chi connectivity index (χ1) is 9.33. The van der Waals surface area contributed by atoms with Crippen LogP contribution in [0.15, 0.2) is 29.3 Å². The number of nitriles is 1. The highest BCUT2D eigenvalue weighted by molar-refractivity contribution is 7.92. The fourth-order valence-corrected chi connectivity index (χ4v) is 2.73. The topological polar surface area (TPSA) is 114 Å². The molecule has 2 rings (SSSR count). The zero-order valence-electron chi connectivity index (χ0n) is 10.3. The molecule has 0 unspecified atom stereocenters. The van der Waals surface area contributed by atoms with E-state index in [-0.39, 0.29) is 22.0 Å². The van der Waals surface area contributed by atoms with E-state index >= 15 is 0 Å². The molecule has 0 saturated heterocycles. The van der Waals surface area contributed by atoms with Crippen LogP contribution >= 0.6 is 0 Å². The number of benzene rings is 1. The minimum Gasteiger partial charge on any atom is -0.381 e. The van der Waals surface area contributed by atoms with E-state index < -0.39 is 15.8 Å². The van der Waals surface area contributed by atoms with Crippen molar-refractivity contribution in [1.29, 1.82) is 5.26 Å². The Morgan fingerprint density at radius 3 is 2.70 bits per heavy atom. The summed E-state index contributed by atoms with van der Waals surface area (Å²) in [6.07, 6.45) is 1.21. The van der Waals surface area contributed by atoms with Crippen LogP contribution in [0.2, 0.25) is 0 Å². The van der Waals surface area contributed by atoms with Gasteiger partial charge in [-0.1, -0.05) is 0 Å². The number of halogens is 1. The summed E-state index contributed by atoms with van der Waals surface area (Å²) in [6.45, 7) is 0. The molecule has 7 nitrogen and oxygen atoms in total. The van der Waals surface area contributed by atoms with Crippen molar-refractivity contribution in [2.24, 2.45) is 7.05 Å². The fraction of sp³-hybridized carbons (Fsp3) is 0.0909. The summed E-state index contributed by atoms with van der Waals surface area (Å²) >= 11 is 0. The van der Waals surface area contributed by atoms with Gasteiger partial charge in [0.1, 0.15) is 10.7 Å². The molecule has 0 aliphatic heterocycles. The summed E-state index contributed by atoms with van der Waals surface area (Å²) < 4.78 is 41.1. The maximum atomic E-state index is 13.7. The molecular weight excluding hydrogens is 285 g/mol. The SMILES string of the molecule is Cn1cc(S(=O)(=O)Nc2ccc(C#N)cc2F)c(N)n1. The van der Waals surface area contributed by atoms with Crippen molar-refractivity contribution in [3.63, 3.8) is 0 Å². The van der Waals surface area contributed by atoms with Crippen LogP contribution in [0.4, 0.5) is 15.9 Å². The lowest BCUT2D eigenvalue weighted by Crippen LogP contribution is -2.15. The monoisotopic (exact) mass is 295 g/mol. The molecule has 2 aromatic rings. The number of sulfonamides is 1. The van der Waals surface area contributed by atoms with Crippen molar-refractivity contribution in [2.45, 2.75) is 4.90 Å². The molecule has 0 fully saturated rings. The lowest BCUT2D eigenvalue weighted by molar-refractivity contribution is 0.598. The van der Waals surface area contributed by atoms with Gasteiger partial charge in [-0.15, -0.1) is 0 Å². The first kappa shape index (κ1) is 13.8. The lowest BCUT2D eigenvalue weighted by Gasteiger charge is -2.07. The first-order valence-corrected chi connectivity index (χ1v) is 6.83. The average molecular weight is 295 g/mol.